The monoisotopic (exact) mass is 562 g/mol. The van der Waals surface area contributed by atoms with Gasteiger partial charge in [-0.25, -0.2) is 27.8 Å². The number of dihydropyridines is 1. The number of aliphatic imine (C=N–C) groups is 2. The molecule has 39 heavy (non-hydrogen) atoms. The highest BCUT2D eigenvalue weighted by atomic mass is 32.2. The largest absolute Gasteiger partial charge is 0.495 e. The first kappa shape index (κ1) is 29.4. The summed E-state index contributed by atoms with van der Waals surface area (Å²) in [5.41, 5.74) is 0.712. The molecular weight excluding hydrogens is 531 g/mol. The molecule has 13 nitrogen and oxygen atoms in total. The molecule has 0 bridgehead atoms. The van der Waals surface area contributed by atoms with Gasteiger partial charge >= 0.3 is 0 Å². The molecule has 1 unspecified atom stereocenters. The number of amidine groups is 1. The zero-order valence-electron chi connectivity index (χ0n) is 22.4. The Morgan fingerprint density at radius 2 is 2.00 bits per heavy atom. The van der Waals surface area contributed by atoms with Gasteiger partial charge in [-0.15, -0.1) is 10.2 Å². The highest BCUT2D eigenvalue weighted by Gasteiger charge is 2.34. The van der Waals surface area contributed by atoms with Gasteiger partial charge in [-0.2, -0.15) is 0 Å². The molecule has 0 spiro atoms. The molecular formula is C24H31FN8O5S. The van der Waals surface area contributed by atoms with E-state index in [2.05, 4.69) is 41.9 Å². The number of pyridine rings is 1. The molecule has 1 aliphatic heterocycles. The van der Waals surface area contributed by atoms with Crippen molar-refractivity contribution in [1.29, 1.82) is 0 Å². The van der Waals surface area contributed by atoms with Crippen LogP contribution in [0, 0.1) is 5.92 Å². The lowest BCUT2D eigenvalue weighted by Crippen LogP contribution is -2.37. The number of ether oxygens (including phenoxy) is 3. The lowest BCUT2D eigenvalue weighted by molar-refractivity contribution is 0.122. The van der Waals surface area contributed by atoms with E-state index in [0.29, 0.717) is 23.0 Å². The van der Waals surface area contributed by atoms with E-state index in [0.717, 1.165) is 6.20 Å². The van der Waals surface area contributed by atoms with Gasteiger partial charge in [-0.3, -0.25) is 9.29 Å². The predicted octanol–water partition coefficient (Wildman–Crippen LogP) is 2.95. The molecule has 0 amide bonds. The number of nitrogens with one attached hydrogen (secondary N) is 2. The average molecular weight is 563 g/mol. The Balaban J connectivity index is 2.16. The van der Waals surface area contributed by atoms with Gasteiger partial charge < -0.3 is 19.5 Å². The number of aromatic nitrogens is 4. The van der Waals surface area contributed by atoms with Crippen molar-refractivity contribution < 1.29 is 27.0 Å². The van der Waals surface area contributed by atoms with E-state index in [1.165, 1.54) is 39.7 Å². The Kier molecular flexibility index (Phi) is 9.53. The maximum Gasteiger partial charge on any atom is 0.243 e. The summed E-state index contributed by atoms with van der Waals surface area (Å²) in [6.07, 6.45) is 3.47. The minimum atomic E-state index is -4.14. The van der Waals surface area contributed by atoms with Crippen molar-refractivity contribution in [3.05, 3.63) is 48.3 Å². The molecule has 0 radical (unpaired) electrons. The summed E-state index contributed by atoms with van der Waals surface area (Å²) in [5, 5.41) is 10.3. The van der Waals surface area contributed by atoms with Crippen LogP contribution >= 0.6 is 0 Å². The Labute approximate surface area is 226 Å². The molecule has 3 rings (SSSR count). The number of nitrogens with zero attached hydrogens (tertiary/aromatic N) is 6. The van der Waals surface area contributed by atoms with Crippen LogP contribution in [0.2, 0.25) is 0 Å². The van der Waals surface area contributed by atoms with Crippen molar-refractivity contribution in [2.24, 2.45) is 15.9 Å². The summed E-state index contributed by atoms with van der Waals surface area (Å²) in [6, 6.07) is 5.04. The number of rotatable bonds is 11. The molecule has 3 heterocycles. The van der Waals surface area contributed by atoms with Crippen LogP contribution < -0.4 is 14.8 Å². The highest BCUT2D eigenvalue weighted by molar-refractivity contribution is 7.93. The van der Waals surface area contributed by atoms with Crippen LogP contribution in [0.5, 0.6) is 5.88 Å². The molecule has 0 aliphatic carbocycles. The molecule has 2 aromatic heterocycles. The summed E-state index contributed by atoms with van der Waals surface area (Å²) in [6.45, 7) is 7.70. The molecule has 0 saturated heterocycles. The minimum absolute atomic E-state index is 0.0538. The van der Waals surface area contributed by atoms with Crippen molar-refractivity contribution in [2.45, 2.75) is 32.2 Å². The number of sulfonamides is 1. The van der Waals surface area contributed by atoms with Gasteiger partial charge in [0.1, 0.15) is 28.8 Å². The Morgan fingerprint density at radius 3 is 2.62 bits per heavy atom. The van der Waals surface area contributed by atoms with Crippen LogP contribution in [0.15, 0.2) is 58.2 Å². The maximum absolute atomic E-state index is 13.5. The second-order valence-electron chi connectivity index (χ2n) is 8.32. The molecule has 0 saturated carbocycles. The van der Waals surface area contributed by atoms with E-state index < -0.39 is 33.2 Å². The fraction of sp³-hybridized carbons (Fsp3) is 0.375. The average Bonchev–Trinajstić information content (AvgIpc) is 3.34. The van der Waals surface area contributed by atoms with Gasteiger partial charge in [-0.05, 0) is 32.7 Å². The van der Waals surface area contributed by atoms with Crippen molar-refractivity contribution >= 4 is 34.2 Å². The zero-order chi connectivity index (χ0) is 28.7. The third-order valence-electron chi connectivity index (χ3n) is 5.88. The number of hydrogen-bond donors (Lipinski definition) is 2. The van der Waals surface area contributed by atoms with Gasteiger partial charge in [0.2, 0.25) is 21.9 Å². The minimum Gasteiger partial charge on any atom is -0.495 e. The summed E-state index contributed by atoms with van der Waals surface area (Å²) in [5.74, 6) is -0.543. The topological polar surface area (TPSA) is 154 Å². The van der Waals surface area contributed by atoms with Crippen LogP contribution in [0.1, 0.15) is 20.8 Å². The van der Waals surface area contributed by atoms with Gasteiger partial charge in [0, 0.05) is 25.3 Å². The molecule has 1 aliphatic rings. The van der Waals surface area contributed by atoms with Gasteiger partial charge in [-0.1, -0.05) is 13.0 Å². The maximum atomic E-state index is 13.5. The van der Waals surface area contributed by atoms with Crippen LogP contribution in [-0.4, -0.2) is 73.5 Å². The number of halogens is 1. The lowest BCUT2D eigenvalue weighted by atomic mass is 10.1. The second-order valence-corrected chi connectivity index (χ2v) is 10.4. The third kappa shape index (κ3) is 6.49. The van der Waals surface area contributed by atoms with Gasteiger partial charge in [0.25, 0.3) is 0 Å². The summed E-state index contributed by atoms with van der Waals surface area (Å²) in [7, 11) is 0.275. The van der Waals surface area contributed by atoms with E-state index in [9.17, 15) is 12.8 Å². The highest BCUT2D eigenvalue weighted by Crippen LogP contribution is 2.32. The molecule has 15 heteroatoms. The van der Waals surface area contributed by atoms with E-state index in [1.54, 1.807) is 37.4 Å². The van der Waals surface area contributed by atoms with Gasteiger partial charge in [0.05, 0.1) is 25.7 Å². The Bertz CT molecular complexity index is 1430. The summed E-state index contributed by atoms with van der Waals surface area (Å²) >= 11 is 0. The van der Waals surface area contributed by atoms with Gasteiger partial charge in [0.15, 0.2) is 12.1 Å². The molecule has 2 N–H and O–H groups in total. The smallest absolute Gasteiger partial charge is 0.243 e. The van der Waals surface area contributed by atoms with Crippen LogP contribution in [0.3, 0.4) is 0 Å². The SMILES string of the molecule is C=N/C(=N\C=C(/C)F)[C@@H](C)[C@H](C)S(=O)(=O)Nc1nnc(-c2cccc(OC)n2)n1C1=C(OC)C=CNC1OC. The van der Waals surface area contributed by atoms with E-state index in [-0.39, 0.29) is 17.6 Å². The van der Waals surface area contributed by atoms with Crippen LogP contribution in [0.4, 0.5) is 10.3 Å². The molecule has 3 atom stereocenters. The first-order valence-corrected chi connectivity index (χ1v) is 13.2. The van der Waals surface area contributed by atoms with Crippen molar-refractivity contribution in [2.75, 3.05) is 26.1 Å². The van der Waals surface area contributed by atoms with E-state index in [1.807, 2.05) is 0 Å². The van der Waals surface area contributed by atoms with Crippen LogP contribution in [0.25, 0.3) is 17.2 Å². The quantitative estimate of drug-likeness (QED) is 0.311. The Hall–Kier alpha value is -4.11. The van der Waals surface area contributed by atoms with E-state index in [4.69, 9.17) is 14.2 Å². The molecule has 2 aromatic rings. The normalized spacial score (nSPS) is 17.9. The third-order valence-corrected chi connectivity index (χ3v) is 7.73. The fourth-order valence-electron chi connectivity index (χ4n) is 3.64. The van der Waals surface area contributed by atoms with E-state index >= 15 is 0 Å². The molecule has 210 valence electrons. The zero-order valence-corrected chi connectivity index (χ0v) is 23.2. The summed E-state index contributed by atoms with van der Waals surface area (Å²) < 4.78 is 60.6. The van der Waals surface area contributed by atoms with Crippen LogP contribution in [-0.2, 0) is 19.5 Å². The molecule has 0 fully saturated rings. The van der Waals surface area contributed by atoms with Crippen molar-refractivity contribution in [3.8, 4) is 17.4 Å². The first-order chi connectivity index (χ1) is 18.6. The second kappa shape index (κ2) is 12.6. The number of hydrogen-bond acceptors (Lipinski definition) is 10. The standard InChI is InChI=1S/C24H31FN8O5S/c1-14(25)13-28-21(26-4)15(2)16(3)39(34,35)32-24-31-30-22(17-9-8-10-19(29-17)37-6)33(24)20-18(36-5)11-12-27-23(20)38-7/h8-13,15-16,23,27H,4H2,1-3,5-7H3,(H,31,32)/b14-13+,28-21-/t15-,16-,23?/m0/s1. The van der Waals surface area contributed by atoms with Crippen molar-refractivity contribution in [3.63, 3.8) is 0 Å². The molecule has 0 aromatic carbocycles. The fourth-order valence-corrected chi connectivity index (χ4v) is 4.87. The number of allylic oxidation sites excluding steroid dienone is 2. The number of anilines is 1. The first-order valence-electron chi connectivity index (χ1n) is 11.7. The lowest BCUT2D eigenvalue weighted by Gasteiger charge is -2.27. The Morgan fingerprint density at radius 1 is 1.26 bits per heavy atom. The van der Waals surface area contributed by atoms with Crippen molar-refractivity contribution in [1.82, 2.24) is 25.1 Å². The number of methoxy groups -OCH3 is 3. The predicted molar refractivity (Wildman–Crippen MR) is 146 cm³/mol. The summed E-state index contributed by atoms with van der Waals surface area (Å²) in [4.78, 5) is 12.1.